The van der Waals surface area contributed by atoms with E-state index in [-0.39, 0.29) is 24.9 Å². The van der Waals surface area contributed by atoms with Crippen molar-refractivity contribution in [2.45, 2.75) is 39.0 Å². The molecule has 0 unspecified atom stereocenters. The summed E-state index contributed by atoms with van der Waals surface area (Å²) >= 11 is 0. The zero-order valence-corrected chi connectivity index (χ0v) is 20.5. The van der Waals surface area contributed by atoms with E-state index < -0.39 is 11.7 Å². The standard InChI is InChI=1S/C26H33F3N4O2/c1-4-24(34)32-12-11-22-20(18-32)8-6-10-23(22)30-16-25(35)33(14-13-31(2)3)17-19-7-5-9-21(15-19)26(27,28)29/h5-10,15,30H,4,11-14,16-18H2,1-3H3. The zero-order valence-electron chi connectivity index (χ0n) is 20.5. The van der Waals surface area contributed by atoms with Crippen molar-refractivity contribution in [3.05, 3.63) is 64.7 Å². The first-order valence-corrected chi connectivity index (χ1v) is 11.8. The molecule has 1 N–H and O–H groups in total. The van der Waals surface area contributed by atoms with Gasteiger partial charge in [-0.3, -0.25) is 9.59 Å². The predicted molar refractivity (Wildman–Crippen MR) is 130 cm³/mol. The normalized spacial score (nSPS) is 13.5. The second-order valence-corrected chi connectivity index (χ2v) is 9.03. The second kappa shape index (κ2) is 11.6. The molecule has 2 aromatic rings. The van der Waals surface area contributed by atoms with E-state index >= 15 is 0 Å². The highest BCUT2D eigenvalue weighted by Crippen LogP contribution is 2.30. The number of carbonyl (C=O) groups is 2. The van der Waals surface area contributed by atoms with Gasteiger partial charge >= 0.3 is 6.18 Å². The number of anilines is 1. The van der Waals surface area contributed by atoms with Crippen LogP contribution in [-0.2, 0) is 35.3 Å². The third-order valence-corrected chi connectivity index (χ3v) is 6.15. The van der Waals surface area contributed by atoms with Crippen LogP contribution in [0.5, 0.6) is 0 Å². The molecule has 0 atom stereocenters. The lowest BCUT2D eigenvalue weighted by Gasteiger charge is -2.30. The third-order valence-electron chi connectivity index (χ3n) is 6.15. The lowest BCUT2D eigenvalue weighted by molar-refractivity contribution is -0.137. The fourth-order valence-electron chi connectivity index (χ4n) is 4.17. The number of rotatable bonds is 9. The Morgan fingerprint density at radius 1 is 1.09 bits per heavy atom. The number of benzene rings is 2. The molecule has 2 amide bonds. The molecule has 0 aromatic heterocycles. The highest BCUT2D eigenvalue weighted by Gasteiger charge is 2.30. The summed E-state index contributed by atoms with van der Waals surface area (Å²) in [6.45, 7) is 4.15. The summed E-state index contributed by atoms with van der Waals surface area (Å²) in [5, 5.41) is 3.23. The molecule has 0 spiro atoms. The van der Waals surface area contributed by atoms with Crippen molar-refractivity contribution in [1.82, 2.24) is 14.7 Å². The molecule has 2 aromatic carbocycles. The van der Waals surface area contributed by atoms with Crippen LogP contribution in [0.4, 0.5) is 18.9 Å². The van der Waals surface area contributed by atoms with Gasteiger partial charge in [0, 0.05) is 44.8 Å². The highest BCUT2D eigenvalue weighted by molar-refractivity contribution is 5.81. The number of nitrogens with zero attached hydrogens (tertiary/aromatic N) is 3. The van der Waals surface area contributed by atoms with Gasteiger partial charge in [-0.1, -0.05) is 31.2 Å². The Morgan fingerprint density at radius 3 is 2.51 bits per heavy atom. The zero-order chi connectivity index (χ0) is 25.6. The molecule has 0 fully saturated rings. The summed E-state index contributed by atoms with van der Waals surface area (Å²) in [5.41, 5.74) is 2.72. The van der Waals surface area contributed by atoms with Gasteiger partial charge in [0.25, 0.3) is 0 Å². The van der Waals surface area contributed by atoms with Crippen molar-refractivity contribution < 1.29 is 22.8 Å². The number of amides is 2. The Labute approximate surface area is 204 Å². The van der Waals surface area contributed by atoms with Crippen LogP contribution in [0.25, 0.3) is 0 Å². The molecule has 0 aliphatic carbocycles. The van der Waals surface area contributed by atoms with E-state index in [1.807, 2.05) is 49.0 Å². The van der Waals surface area contributed by atoms with Gasteiger partial charge in [-0.2, -0.15) is 13.2 Å². The Hall–Kier alpha value is -3.07. The average Bonchev–Trinajstić information content (AvgIpc) is 2.83. The topological polar surface area (TPSA) is 55.9 Å². The first-order chi connectivity index (χ1) is 16.6. The van der Waals surface area contributed by atoms with Gasteiger partial charge in [-0.25, -0.2) is 0 Å². The van der Waals surface area contributed by atoms with E-state index in [0.717, 1.165) is 28.9 Å². The van der Waals surface area contributed by atoms with E-state index in [9.17, 15) is 22.8 Å². The van der Waals surface area contributed by atoms with Gasteiger partial charge in [0.1, 0.15) is 0 Å². The van der Waals surface area contributed by atoms with Crippen LogP contribution in [0, 0.1) is 0 Å². The second-order valence-electron chi connectivity index (χ2n) is 9.03. The van der Waals surface area contributed by atoms with Gasteiger partial charge in [0.15, 0.2) is 0 Å². The SMILES string of the molecule is CCC(=O)N1CCc2c(cccc2NCC(=O)N(CCN(C)C)Cc2cccc(C(F)(F)F)c2)C1. The molecule has 6 nitrogen and oxygen atoms in total. The fourth-order valence-corrected chi connectivity index (χ4v) is 4.17. The van der Waals surface area contributed by atoms with Crippen LogP contribution in [-0.4, -0.2) is 66.8 Å². The quantitative estimate of drug-likeness (QED) is 0.577. The lowest BCUT2D eigenvalue weighted by atomic mass is 9.97. The largest absolute Gasteiger partial charge is 0.416 e. The monoisotopic (exact) mass is 490 g/mol. The maximum Gasteiger partial charge on any atom is 0.416 e. The summed E-state index contributed by atoms with van der Waals surface area (Å²) < 4.78 is 39.4. The first kappa shape index (κ1) is 26.5. The molecule has 0 saturated heterocycles. The van der Waals surface area contributed by atoms with Crippen molar-refractivity contribution in [2.24, 2.45) is 0 Å². The van der Waals surface area contributed by atoms with E-state index in [4.69, 9.17) is 0 Å². The summed E-state index contributed by atoms with van der Waals surface area (Å²) in [5.74, 6) is -0.0734. The van der Waals surface area contributed by atoms with Crippen LogP contribution < -0.4 is 5.32 Å². The molecular weight excluding hydrogens is 457 g/mol. The molecule has 35 heavy (non-hydrogen) atoms. The predicted octanol–water partition coefficient (Wildman–Crippen LogP) is 4.00. The van der Waals surface area contributed by atoms with Crippen molar-refractivity contribution >= 4 is 17.5 Å². The number of alkyl halides is 3. The average molecular weight is 491 g/mol. The molecule has 3 rings (SSSR count). The van der Waals surface area contributed by atoms with Crippen molar-refractivity contribution in [2.75, 3.05) is 45.6 Å². The molecule has 0 bridgehead atoms. The van der Waals surface area contributed by atoms with E-state index in [2.05, 4.69) is 5.32 Å². The molecule has 190 valence electrons. The lowest BCUT2D eigenvalue weighted by Crippen LogP contribution is -2.39. The smallest absolute Gasteiger partial charge is 0.376 e. The van der Waals surface area contributed by atoms with E-state index in [1.165, 1.54) is 6.07 Å². The fraction of sp³-hybridized carbons (Fsp3) is 0.462. The number of fused-ring (bicyclic) bond motifs is 1. The molecular formula is C26H33F3N4O2. The van der Waals surface area contributed by atoms with Gasteiger partial charge in [-0.15, -0.1) is 0 Å². The Morgan fingerprint density at radius 2 is 1.83 bits per heavy atom. The van der Waals surface area contributed by atoms with E-state index in [0.29, 0.717) is 44.6 Å². The minimum absolute atomic E-state index is 0.0282. The molecule has 9 heteroatoms. The summed E-state index contributed by atoms with van der Waals surface area (Å²) in [6.07, 6.45) is -3.26. The third kappa shape index (κ3) is 7.21. The van der Waals surface area contributed by atoms with Gasteiger partial charge in [0.05, 0.1) is 12.1 Å². The van der Waals surface area contributed by atoms with E-state index in [1.54, 1.807) is 11.0 Å². The number of carbonyl (C=O) groups excluding carboxylic acids is 2. The Bertz CT molecular complexity index is 1040. The summed E-state index contributed by atoms with van der Waals surface area (Å²) in [7, 11) is 3.77. The number of nitrogens with one attached hydrogen (secondary N) is 1. The van der Waals surface area contributed by atoms with Crippen molar-refractivity contribution in [3.8, 4) is 0 Å². The van der Waals surface area contributed by atoms with Gasteiger partial charge in [0.2, 0.25) is 11.8 Å². The van der Waals surface area contributed by atoms with Gasteiger partial charge in [-0.05, 0) is 55.4 Å². The summed E-state index contributed by atoms with van der Waals surface area (Å²) in [6, 6.07) is 10.9. The number of likely N-dealkylation sites (N-methyl/N-ethyl adjacent to an activating group) is 1. The van der Waals surface area contributed by atoms with Crippen LogP contribution in [0.2, 0.25) is 0 Å². The minimum Gasteiger partial charge on any atom is -0.376 e. The minimum atomic E-state index is -4.43. The first-order valence-electron chi connectivity index (χ1n) is 11.8. The molecule has 0 radical (unpaired) electrons. The maximum atomic E-state index is 13.1. The van der Waals surface area contributed by atoms with Crippen LogP contribution in [0.1, 0.15) is 35.6 Å². The molecule has 1 heterocycles. The summed E-state index contributed by atoms with van der Waals surface area (Å²) in [4.78, 5) is 30.6. The highest BCUT2D eigenvalue weighted by atomic mass is 19.4. The van der Waals surface area contributed by atoms with Crippen LogP contribution in [0.15, 0.2) is 42.5 Å². The molecule has 0 saturated carbocycles. The van der Waals surface area contributed by atoms with Gasteiger partial charge < -0.3 is 20.0 Å². The number of hydrogen-bond acceptors (Lipinski definition) is 4. The maximum absolute atomic E-state index is 13.1. The van der Waals surface area contributed by atoms with Crippen molar-refractivity contribution in [1.29, 1.82) is 0 Å². The Balaban J connectivity index is 1.70. The number of halogens is 3. The molecule has 1 aliphatic rings. The van der Waals surface area contributed by atoms with Crippen LogP contribution in [0.3, 0.4) is 0 Å². The number of hydrogen-bond donors (Lipinski definition) is 1. The Kier molecular flexibility index (Phi) is 8.77. The molecule has 1 aliphatic heterocycles. The van der Waals surface area contributed by atoms with Crippen molar-refractivity contribution in [3.63, 3.8) is 0 Å². The van der Waals surface area contributed by atoms with Crippen LogP contribution >= 0.6 is 0 Å².